The first-order valence-electron chi connectivity index (χ1n) is 6.99. The van der Waals surface area contributed by atoms with Crippen LogP contribution in [0.4, 0.5) is 0 Å². The lowest BCUT2D eigenvalue weighted by Crippen LogP contribution is -3.17. The molecule has 2 rings (SSSR count). The Bertz CT molecular complexity index is 340. The first-order valence-corrected chi connectivity index (χ1v) is 6.99. The van der Waals surface area contributed by atoms with Gasteiger partial charge in [-0.15, -0.1) is 0 Å². The van der Waals surface area contributed by atoms with Gasteiger partial charge >= 0.3 is 0 Å². The Morgan fingerprint density at radius 1 is 1.22 bits per heavy atom. The van der Waals surface area contributed by atoms with Gasteiger partial charge in [-0.05, 0) is 24.8 Å². The second-order valence-corrected chi connectivity index (χ2v) is 5.24. The first-order chi connectivity index (χ1) is 8.81. The molecular formula is C15H24NO2+. The van der Waals surface area contributed by atoms with E-state index in [9.17, 15) is 5.11 Å². The van der Waals surface area contributed by atoms with Crippen LogP contribution in [0.2, 0.25) is 0 Å². The fourth-order valence-corrected chi connectivity index (χ4v) is 2.97. The molecule has 1 aliphatic rings. The average molecular weight is 250 g/mol. The fraction of sp³-hybridized carbons (Fsp3) is 0.600. The van der Waals surface area contributed by atoms with Crippen LogP contribution in [-0.4, -0.2) is 36.0 Å². The SMILES string of the molecule is OCC[C@@H]1CCCC[NH+]1C[C@@H](O)c1ccccc1. The molecule has 1 fully saturated rings. The van der Waals surface area contributed by atoms with Gasteiger partial charge in [-0.25, -0.2) is 0 Å². The number of aliphatic hydroxyl groups is 2. The van der Waals surface area contributed by atoms with Crippen molar-refractivity contribution in [3.05, 3.63) is 35.9 Å². The molecule has 100 valence electrons. The molecule has 1 unspecified atom stereocenters. The second-order valence-electron chi connectivity index (χ2n) is 5.24. The summed E-state index contributed by atoms with van der Waals surface area (Å²) >= 11 is 0. The number of likely N-dealkylation sites (tertiary alicyclic amines) is 1. The summed E-state index contributed by atoms with van der Waals surface area (Å²) < 4.78 is 0. The van der Waals surface area contributed by atoms with E-state index in [0.717, 1.165) is 25.1 Å². The van der Waals surface area contributed by atoms with Crippen LogP contribution < -0.4 is 4.90 Å². The van der Waals surface area contributed by atoms with E-state index in [1.807, 2.05) is 30.3 Å². The summed E-state index contributed by atoms with van der Waals surface area (Å²) in [5, 5.41) is 19.4. The number of aliphatic hydroxyl groups excluding tert-OH is 2. The number of nitrogens with one attached hydrogen (secondary N) is 1. The fourth-order valence-electron chi connectivity index (χ4n) is 2.97. The Labute approximate surface area is 109 Å². The van der Waals surface area contributed by atoms with E-state index in [-0.39, 0.29) is 12.7 Å². The molecule has 18 heavy (non-hydrogen) atoms. The third kappa shape index (κ3) is 3.55. The molecule has 1 aliphatic heterocycles. The van der Waals surface area contributed by atoms with E-state index in [4.69, 9.17) is 5.11 Å². The molecule has 3 atom stereocenters. The van der Waals surface area contributed by atoms with Gasteiger partial charge in [-0.3, -0.25) is 0 Å². The van der Waals surface area contributed by atoms with E-state index in [1.54, 1.807) is 0 Å². The summed E-state index contributed by atoms with van der Waals surface area (Å²) in [5.74, 6) is 0. The Morgan fingerprint density at radius 2 is 2.00 bits per heavy atom. The number of piperidine rings is 1. The molecule has 3 heteroatoms. The summed E-state index contributed by atoms with van der Waals surface area (Å²) in [7, 11) is 0. The van der Waals surface area contributed by atoms with E-state index < -0.39 is 0 Å². The molecule has 3 N–H and O–H groups in total. The monoisotopic (exact) mass is 250 g/mol. The zero-order chi connectivity index (χ0) is 12.8. The zero-order valence-electron chi connectivity index (χ0n) is 10.9. The van der Waals surface area contributed by atoms with Gasteiger partial charge in [-0.2, -0.15) is 0 Å². The van der Waals surface area contributed by atoms with Crippen molar-refractivity contribution in [3.63, 3.8) is 0 Å². The predicted octanol–water partition coefficient (Wildman–Crippen LogP) is 0.540. The largest absolute Gasteiger partial charge is 0.396 e. The minimum Gasteiger partial charge on any atom is -0.396 e. The van der Waals surface area contributed by atoms with Crippen molar-refractivity contribution < 1.29 is 15.1 Å². The molecule has 0 amide bonds. The lowest BCUT2D eigenvalue weighted by molar-refractivity contribution is -0.934. The third-order valence-corrected chi connectivity index (χ3v) is 4.00. The van der Waals surface area contributed by atoms with Crippen LogP contribution in [0.15, 0.2) is 30.3 Å². The van der Waals surface area contributed by atoms with Crippen LogP contribution in [0.3, 0.4) is 0 Å². The van der Waals surface area contributed by atoms with Crippen LogP contribution in [0.1, 0.15) is 37.4 Å². The second kappa shape index (κ2) is 6.88. The summed E-state index contributed by atoms with van der Waals surface area (Å²) in [4.78, 5) is 1.45. The summed E-state index contributed by atoms with van der Waals surface area (Å²) in [5.41, 5.74) is 0.998. The third-order valence-electron chi connectivity index (χ3n) is 4.00. The number of quaternary nitrogens is 1. The van der Waals surface area contributed by atoms with E-state index in [0.29, 0.717) is 6.04 Å². The lowest BCUT2D eigenvalue weighted by Gasteiger charge is -2.33. The molecule has 0 saturated carbocycles. The maximum absolute atomic E-state index is 10.3. The molecule has 1 aromatic rings. The predicted molar refractivity (Wildman–Crippen MR) is 71.4 cm³/mol. The molecule has 0 aromatic heterocycles. The topological polar surface area (TPSA) is 44.9 Å². The van der Waals surface area contributed by atoms with Gasteiger partial charge in [0, 0.05) is 13.0 Å². The average Bonchev–Trinajstić information content (AvgIpc) is 2.42. The van der Waals surface area contributed by atoms with Gasteiger partial charge in [0.25, 0.3) is 0 Å². The number of hydrogen-bond donors (Lipinski definition) is 3. The molecule has 1 aromatic carbocycles. The van der Waals surface area contributed by atoms with Crippen LogP contribution in [0.25, 0.3) is 0 Å². The van der Waals surface area contributed by atoms with Crippen molar-refractivity contribution in [3.8, 4) is 0 Å². The van der Waals surface area contributed by atoms with Crippen molar-refractivity contribution in [2.75, 3.05) is 19.7 Å². The molecule has 1 saturated heterocycles. The number of hydrogen-bond acceptors (Lipinski definition) is 2. The van der Waals surface area contributed by atoms with Crippen molar-refractivity contribution in [1.82, 2.24) is 0 Å². The molecule has 3 nitrogen and oxygen atoms in total. The van der Waals surface area contributed by atoms with E-state index >= 15 is 0 Å². The first kappa shape index (κ1) is 13.5. The standard InChI is InChI=1S/C15H23NO2/c17-11-9-14-8-4-5-10-16(14)12-15(18)13-6-2-1-3-7-13/h1-3,6-7,14-15,17-18H,4-5,8-12H2/p+1/t14-,15+/m0/s1. The summed E-state index contributed by atoms with van der Waals surface area (Å²) in [6, 6.07) is 10.4. The van der Waals surface area contributed by atoms with Crippen LogP contribution in [0, 0.1) is 0 Å². The molecule has 1 heterocycles. The minimum absolute atomic E-state index is 0.260. The quantitative estimate of drug-likeness (QED) is 0.714. The Balaban J connectivity index is 1.94. The number of benzene rings is 1. The zero-order valence-corrected chi connectivity index (χ0v) is 10.9. The highest BCUT2D eigenvalue weighted by atomic mass is 16.3. The van der Waals surface area contributed by atoms with E-state index in [1.165, 1.54) is 24.2 Å². The van der Waals surface area contributed by atoms with Crippen molar-refractivity contribution in [1.29, 1.82) is 0 Å². The highest BCUT2D eigenvalue weighted by molar-refractivity contribution is 5.17. The Hall–Kier alpha value is -0.900. The van der Waals surface area contributed by atoms with E-state index in [2.05, 4.69) is 0 Å². The van der Waals surface area contributed by atoms with Crippen LogP contribution in [0.5, 0.6) is 0 Å². The Kier molecular flexibility index (Phi) is 5.17. The summed E-state index contributed by atoms with van der Waals surface area (Å²) in [6.07, 6.45) is 4.14. The van der Waals surface area contributed by atoms with Gasteiger partial charge in [-0.1, -0.05) is 30.3 Å². The van der Waals surface area contributed by atoms with Gasteiger partial charge in [0.05, 0.1) is 12.6 Å². The smallest absolute Gasteiger partial charge is 0.128 e. The van der Waals surface area contributed by atoms with Crippen molar-refractivity contribution in [2.45, 2.75) is 37.8 Å². The van der Waals surface area contributed by atoms with Gasteiger partial charge in [0.15, 0.2) is 0 Å². The molecule has 0 bridgehead atoms. The highest BCUT2D eigenvalue weighted by Gasteiger charge is 2.27. The molecule has 0 radical (unpaired) electrons. The maximum atomic E-state index is 10.3. The van der Waals surface area contributed by atoms with Crippen LogP contribution >= 0.6 is 0 Å². The minimum atomic E-state index is -0.388. The maximum Gasteiger partial charge on any atom is 0.128 e. The van der Waals surface area contributed by atoms with Crippen molar-refractivity contribution in [2.24, 2.45) is 0 Å². The molecular weight excluding hydrogens is 226 g/mol. The highest BCUT2D eigenvalue weighted by Crippen LogP contribution is 2.12. The number of rotatable bonds is 5. The van der Waals surface area contributed by atoms with Gasteiger partial charge in [0.1, 0.15) is 12.6 Å². The molecule has 0 spiro atoms. The van der Waals surface area contributed by atoms with Crippen molar-refractivity contribution >= 4 is 0 Å². The van der Waals surface area contributed by atoms with Crippen LogP contribution in [-0.2, 0) is 0 Å². The normalized spacial score (nSPS) is 25.9. The summed E-state index contributed by atoms with van der Waals surface area (Å²) in [6.45, 7) is 2.14. The lowest BCUT2D eigenvalue weighted by atomic mass is 9.98. The van der Waals surface area contributed by atoms with Gasteiger partial charge in [0.2, 0.25) is 0 Å². The molecule has 0 aliphatic carbocycles. The Morgan fingerprint density at radius 3 is 2.72 bits per heavy atom. The van der Waals surface area contributed by atoms with Gasteiger partial charge < -0.3 is 15.1 Å².